The van der Waals surface area contributed by atoms with E-state index in [0.29, 0.717) is 0 Å². The smallest absolute Gasteiger partial charge is 0.0550 e. The lowest BCUT2D eigenvalue weighted by Gasteiger charge is -2.26. The summed E-state index contributed by atoms with van der Waals surface area (Å²) in [6.07, 6.45) is 5.30. The van der Waals surface area contributed by atoms with Gasteiger partial charge in [-0.2, -0.15) is 0 Å². The average molecular weight is 361 g/mol. The third kappa shape index (κ3) is 4.04. The maximum atomic E-state index is 5.99. The Morgan fingerprint density at radius 3 is 2.42 bits per heavy atom. The minimum atomic E-state index is 0.788. The lowest BCUT2D eigenvalue weighted by atomic mass is 9.99. The molecule has 3 heteroatoms. The van der Waals surface area contributed by atoms with Crippen LogP contribution in [-0.2, 0) is 6.54 Å². The molecule has 1 aliphatic heterocycles. The molecule has 26 heavy (non-hydrogen) atoms. The van der Waals surface area contributed by atoms with E-state index in [1.165, 1.54) is 22.3 Å². The molecular formula is C23H21ClN2. The highest BCUT2D eigenvalue weighted by atomic mass is 35.5. The molecule has 2 heterocycles. The molecule has 0 aliphatic carbocycles. The van der Waals surface area contributed by atoms with Gasteiger partial charge in [0.2, 0.25) is 0 Å². The molecule has 130 valence electrons. The van der Waals surface area contributed by atoms with Crippen LogP contribution in [-0.4, -0.2) is 23.0 Å². The maximum absolute atomic E-state index is 5.99. The molecule has 0 spiro atoms. The summed E-state index contributed by atoms with van der Waals surface area (Å²) in [5, 5.41) is 0.788. The fourth-order valence-corrected chi connectivity index (χ4v) is 3.51. The van der Waals surface area contributed by atoms with Crippen LogP contribution in [0.1, 0.15) is 17.7 Å². The van der Waals surface area contributed by atoms with Crippen molar-refractivity contribution in [2.24, 2.45) is 0 Å². The van der Waals surface area contributed by atoms with Crippen molar-refractivity contribution in [2.45, 2.75) is 13.0 Å². The van der Waals surface area contributed by atoms with E-state index in [4.69, 9.17) is 11.6 Å². The van der Waals surface area contributed by atoms with Crippen molar-refractivity contribution in [2.75, 3.05) is 13.1 Å². The molecule has 1 aromatic heterocycles. The van der Waals surface area contributed by atoms with Gasteiger partial charge in [-0.15, -0.1) is 0 Å². The van der Waals surface area contributed by atoms with Gasteiger partial charge >= 0.3 is 0 Å². The largest absolute Gasteiger partial charge is 0.294 e. The average Bonchev–Trinajstić information content (AvgIpc) is 2.70. The third-order valence-corrected chi connectivity index (χ3v) is 5.07. The van der Waals surface area contributed by atoms with E-state index in [9.17, 15) is 0 Å². The molecule has 0 amide bonds. The van der Waals surface area contributed by atoms with Crippen LogP contribution in [0.5, 0.6) is 0 Å². The fourth-order valence-electron chi connectivity index (χ4n) is 3.38. The zero-order valence-corrected chi connectivity index (χ0v) is 15.4. The highest BCUT2D eigenvalue weighted by Crippen LogP contribution is 2.25. The lowest BCUT2D eigenvalue weighted by molar-refractivity contribution is 0.290. The number of halogens is 1. The second-order valence-electron chi connectivity index (χ2n) is 6.62. The summed E-state index contributed by atoms with van der Waals surface area (Å²) < 4.78 is 0. The summed E-state index contributed by atoms with van der Waals surface area (Å²) in [6.45, 7) is 2.88. The monoisotopic (exact) mass is 360 g/mol. The zero-order valence-electron chi connectivity index (χ0n) is 14.6. The van der Waals surface area contributed by atoms with Crippen molar-refractivity contribution < 1.29 is 0 Å². The predicted molar refractivity (Wildman–Crippen MR) is 109 cm³/mol. The number of rotatable bonds is 4. The Morgan fingerprint density at radius 1 is 0.885 bits per heavy atom. The number of hydrogen-bond acceptors (Lipinski definition) is 2. The summed E-state index contributed by atoms with van der Waals surface area (Å²) in [4.78, 5) is 7.01. The van der Waals surface area contributed by atoms with Crippen LogP contribution in [0.2, 0.25) is 5.02 Å². The Labute approximate surface area is 159 Å². The van der Waals surface area contributed by atoms with Gasteiger partial charge in [0.05, 0.1) is 5.69 Å². The molecule has 2 aromatic carbocycles. The lowest BCUT2D eigenvalue weighted by Crippen LogP contribution is -2.28. The van der Waals surface area contributed by atoms with E-state index in [-0.39, 0.29) is 0 Å². The quantitative estimate of drug-likeness (QED) is 0.594. The minimum Gasteiger partial charge on any atom is -0.294 e. The van der Waals surface area contributed by atoms with Crippen LogP contribution >= 0.6 is 11.6 Å². The van der Waals surface area contributed by atoms with Gasteiger partial charge in [0.1, 0.15) is 0 Å². The highest BCUT2D eigenvalue weighted by molar-refractivity contribution is 6.30. The highest BCUT2D eigenvalue weighted by Gasteiger charge is 2.14. The standard InChI is InChI=1S/C23H21ClN2/c24-22-8-6-19(7-9-22)20-11-14-26(15-12-20)17-23-16-21(10-13-25-23)18-4-2-1-3-5-18/h1-11,13,16H,12,14-15,17H2. The first-order chi connectivity index (χ1) is 12.8. The summed E-state index contributed by atoms with van der Waals surface area (Å²) in [5.41, 5.74) is 6.27. The number of hydrogen-bond donors (Lipinski definition) is 0. The van der Waals surface area contributed by atoms with Crippen molar-refractivity contribution in [1.82, 2.24) is 9.88 Å². The van der Waals surface area contributed by atoms with Crippen molar-refractivity contribution in [3.63, 3.8) is 0 Å². The topological polar surface area (TPSA) is 16.1 Å². The van der Waals surface area contributed by atoms with Crippen molar-refractivity contribution in [1.29, 1.82) is 0 Å². The van der Waals surface area contributed by atoms with Crippen LogP contribution in [0.4, 0.5) is 0 Å². The summed E-state index contributed by atoms with van der Waals surface area (Å²) >= 11 is 5.99. The van der Waals surface area contributed by atoms with Crippen molar-refractivity contribution in [3.05, 3.63) is 95.3 Å². The first-order valence-corrected chi connectivity index (χ1v) is 9.33. The zero-order chi connectivity index (χ0) is 17.8. The number of pyridine rings is 1. The second-order valence-corrected chi connectivity index (χ2v) is 7.06. The Kier molecular flexibility index (Phi) is 5.14. The van der Waals surface area contributed by atoms with E-state index in [2.05, 4.69) is 64.5 Å². The molecular weight excluding hydrogens is 340 g/mol. The normalized spacial score (nSPS) is 14.9. The van der Waals surface area contributed by atoms with Gasteiger partial charge in [-0.05, 0) is 52.9 Å². The van der Waals surface area contributed by atoms with Gasteiger partial charge in [0, 0.05) is 30.9 Å². The fraction of sp³-hybridized carbons (Fsp3) is 0.174. The molecule has 0 saturated heterocycles. The third-order valence-electron chi connectivity index (χ3n) is 4.82. The van der Waals surface area contributed by atoms with E-state index >= 15 is 0 Å². The molecule has 0 radical (unpaired) electrons. The molecule has 0 N–H and O–H groups in total. The molecule has 0 unspecified atom stereocenters. The van der Waals surface area contributed by atoms with Gasteiger partial charge in [-0.3, -0.25) is 9.88 Å². The Morgan fingerprint density at radius 2 is 1.69 bits per heavy atom. The molecule has 0 fully saturated rings. The molecule has 2 nitrogen and oxygen atoms in total. The number of nitrogens with zero attached hydrogens (tertiary/aromatic N) is 2. The second kappa shape index (κ2) is 7.86. The van der Waals surface area contributed by atoms with Crippen LogP contribution in [0.25, 0.3) is 16.7 Å². The van der Waals surface area contributed by atoms with Crippen LogP contribution in [0.3, 0.4) is 0 Å². The molecule has 1 aliphatic rings. The molecule has 0 bridgehead atoms. The summed E-state index contributed by atoms with van der Waals surface area (Å²) in [7, 11) is 0. The summed E-state index contributed by atoms with van der Waals surface area (Å²) in [5.74, 6) is 0. The first kappa shape index (κ1) is 17.0. The van der Waals surface area contributed by atoms with Crippen molar-refractivity contribution in [3.8, 4) is 11.1 Å². The predicted octanol–water partition coefficient (Wildman–Crippen LogP) is 5.69. The van der Waals surface area contributed by atoms with Gasteiger partial charge in [0.15, 0.2) is 0 Å². The van der Waals surface area contributed by atoms with Gasteiger partial charge in [0.25, 0.3) is 0 Å². The van der Waals surface area contributed by atoms with Crippen molar-refractivity contribution >= 4 is 17.2 Å². The molecule has 0 saturated carbocycles. The van der Waals surface area contributed by atoms with Crippen LogP contribution in [0.15, 0.2) is 79.0 Å². The minimum absolute atomic E-state index is 0.788. The molecule has 4 rings (SSSR count). The Bertz CT molecular complexity index is 901. The SMILES string of the molecule is Clc1ccc(C2=CCN(Cc3cc(-c4ccccc4)ccn3)CC2)cc1. The number of benzene rings is 2. The van der Waals surface area contributed by atoms with Gasteiger partial charge < -0.3 is 0 Å². The van der Waals surface area contributed by atoms with Crippen LogP contribution < -0.4 is 0 Å². The Hall–Kier alpha value is -2.42. The van der Waals surface area contributed by atoms with Gasteiger partial charge in [-0.1, -0.05) is 60.1 Å². The Balaban J connectivity index is 1.44. The van der Waals surface area contributed by atoms with Gasteiger partial charge in [-0.25, -0.2) is 0 Å². The maximum Gasteiger partial charge on any atom is 0.0550 e. The summed E-state index contributed by atoms with van der Waals surface area (Å²) in [6, 6.07) is 22.9. The molecule has 3 aromatic rings. The first-order valence-electron chi connectivity index (χ1n) is 8.95. The molecule has 0 atom stereocenters. The van der Waals surface area contributed by atoms with E-state index in [0.717, 1.165) is 36.8 Å². The van der Waals surface area contributed by atoms with E-state index in [1.54, 1.807) is 0 Å². The van der Waals surface area contributed by atoms with Crippen LogP contribution in [0, 0.1) is 0 Å². The number of aromatic nitrogens is 1. The van der Waals surface area contributed by atoms with E-state index in [1.807, 2.05) is 24.4 Å². The van der Waals surface area contributed by atoms with E-state index < -0.39 is 0 Å².